The number of aliphatic hydroxyl groups excluding tert-OH is 1. The third kappa shape index (κ3) is 8.48. The van der Waals surface area contributed by atoms with E-state index in [1.807, 2.05) is 11.0 Å². The van der Waals surface area contributed by atoms with Crippen LogP contribution in [0.15, 0.2) is 48.2 Å². The van der Waals surface area contributed by atoms with E-state index in [1.165, 1.54) is 26.4 Å². The third-order valence-electron chi connectivity index (χ3n) is 5.19. The molecule has 0 spiro atoms. The number of nitrogens with zero attached hydrogens (tertiary/aromatic N) is 3. The Morgan fingerprint density at radius 1 is 1.32 bits per heavy atom. The van der Waals surface area contributed by atoms with Crippen molar-refractivity contribution in [2.24, 2.45) is 5.92 Å². The fourth-order valence-corrected chi connectivity index (χ4v) is 5.70. The van der Waals surface area contributed by atoms with Gasteiger partial charge in [-0.15, -0.1) is 5.92 Å². The van der Waals surface area contributed by atoms with Crippen LogP contribution >= 0.6 is 11.3 Å². The van der Waals surface area contributed by atoms with Crippen molar-refractivity contribution in [3.63, 3.8) is 0 Å². The second kappa shape index (κ2) is 14.2. The number of rotatable bonds is 5. The van der Waals surface area contributed by atoms with Gasteiger partial charge in [-0.05, 0) is 0 Å². The van der Waals surface area contributed by atoms with Gasteiger partial charge in [0.2, 0.25) is 0 Å². The molecule has 7 nitrogen and oxygen atoms in total. The molecule has 2 atom stereocenters. The molecular formula is C23H24N3O4S2TlU. The van der Waals surface area contributed by atoms with Crippen molar-refractivity contribution in [2.45, 2.75) is 18.9 Å². The van der Waals surface area contributed by atoms with E-state index in [1.54, 1.807) is 6.20 Å². The smallest absolute Gasteiger partial charge is 0.394 e. The fourth-order valence-electron chi connectivity index (χ4n) is 3.57. The zero-order chi connectivity index (χ0) is 24.0. The number of thiophene rings is 1. The SMILES string of the molecule is C[S-](=O)=O.[CH2-][C@H]1CCN(c2ncncc2C(=O)c2cc(Cc3ccc[c]([Tl])c3)cs2)C[C@@H]1O.[U+2]. The van der Waals surface area contributed by atoms with Gasteiger partial charge in [-0.1, -0.05) is 23.4 Å². The first-order valence-corrected chi connectivity index (χ1v) is 14.9. The number of anilines is 1. The molecule has 1 N–H and O–H groups in total. The summed E-state index contributed by atoms with van der Waals surface area (Å²) in [6, 6.07) is 10.6. The quantitative estimate of drug-likeness (QED) is 0.182. The number of aliphatic hydroxyl groups is 1. The Morgan fingerprint density at radius 3 is 2.74 bits per heavy atom. The van der Waals surface area contributed by atoms with E-state index in [0.717, 1.165) is 57.0 Å². The number of benzene rings is 1. The molecule has 2 aromatic heterocycles. The van der Waals surface area contributed by atoms with Gasteiger partial charge in [-0.3, -0.25) is 0 Å². The molecule has 4 rings (SSSR count). The first-order valence-electron chi connectivity index (χ1n) is 10.3. The van der Waals surface area contributed by atoms with Crippen LogP contribution in [0.4, 0.5) is 5.82 Å². The van der Waals surface area contributed by atoms with Gasteiger partial charge in [-0.25, -0.2) is 0 Å². The van der Waals surface area contributed by atoms with Crippen molar-refractivity contribution in [1.82, 2.24) is 9.97 Å². The van der Waals surface area contributed by atoms with E-state index >= 15 is 0 Å². The minimum atomic E-state index is -1.86. The average Bonchev–Trinajstić information content (AvgIpc) is 3.23. The van der Waals surface area contributed by atoms with Crippen LogP contribution in [0.3, 0.4) is 0 Å². The van der Waals surface area contributed by atoms with Crippen molar-refractivity contribution in [3.05, 3.63) is 76.7 Å². The van der Waals surface area contributed by atoms with Gasteiger partial charge in [0.15, 0.2) is 0 Å². The Balaban J connectivity index is 0.000000758. The van der Waals surface area contributed by atoms with E-state index in [-0.39, 0.29) is 42.8 Å². The summed E-state index contributed by atoms with van der Waals surface area (Å²) < 4.78 is 19.4. The molecule has 1 saturated heterocycles. The first-order chi connectivity index (χ1) is 15.7. The Labute approximate surface area is 245 Å². The summed E-state index contributed by atoms with van der Waals surface area (Å²) in [6.45, 7) is 5.13. The molecule has 0 bridgehead atoms. The van der Waals surface area contributed by atoms with E-state index in [2.05, 4.69) is 46.5 Å². The number of β-amino-alcohol motifs (C(OH)–C–C–N with tert-alkyl or cyclic N) is 1. The molecule has 0 radical (unpaired) electrons. The number of aromatic nitrogens is 2. The summed E-state index contributed by atoms with van der Waals surface area (Å²) in [5, 5.41) is 12.2. The number of hydrogen-bond acceptors (Lipinski definition) is 9. The minimum absolute atomic E-state index is 0. The Kier molecular flexibility index (Phi) is 12.3. The molecule has 0 aliphatic carbocycles. The van der Waals surface area contributed by atoms with Crippen molar-refractivity contribution < 1.29 is 49.4 Å². The molecule has 1 aliphatic heterocycles. The van der Waals surface area contributed by atoms with Crippen LogP contribution < -0.4 is 8.02 Å². The zero-order valence-corrected chi connectivity index (χ0v) is 29.0. The summed E-state index contributed by atoms with van der Waals surface area (Å²) in [4.78, 5) is 24.3. The monoisotopic (exact) mass is 913 g/mol. The standard InChI is InChI=1S/C22H21N3O2S.CH3O2S.Tl.U/c1-15-7-8-25(12-19(15)26)22-18(11-23-14-24-22)21(27)20-10-17(13-28-20)9-16-5-3-2-4-6-16;1-4(2)3;;/h2-3,5-6,10-11,13-15,19,26H,1,7-9,12H2;1H3;;/q2*-1;;+2/t15-,19-;;;/m0.../s1. The number of piperidine rings is 1. The van der Waals surface area contributed by atoms with Gasteiger partial charge in [-0.2, -0.15) is 0 Å². The van der Waals surface area contributed by atoms with Gasteiger partial charge in [0.05, 0.1) is 0 Å². The number of carbonyl (C=O) groups excluding carboxylic acids is 1. The molecular weight excluding hydrogens is 889 g/mol. The van der Waals surface area contributed by atoms with E-state index < -0.39 is 16.8 Å². The van der Waals surface area contributed by atoms with Crippen LogP contribution in [0.25, 0.3) is 0 Å². The Morgan fingerprint density at radius 2 is 2.06 bits per heavy atom. The van der Waals surface area contributed by atoms with Crippen LogP contribution in [-0.4, -0.2) is 72.1 Å². The molecule has 3 heterocycles. The van der Waals surface area contributed by atoms with Gasteiger partial charge in [0.25, 0.3) is 0 Å². The summed E-state index contributed by atoms with van der Waals surface area (Å²) in [5.41, 5.74) is 2.90. The predicted molar refractivity (Wildman–Crippen MR) is 131 cm³/mol. The van der Waals surface area contributed by atoms with Gasteiger partial charge < -0.3 is 20.4 Å². The molecule has 1 aromatic carbocycles. The molecule has 1 fully saturated rings. The Bertz CT molecular complexity index is 1180. The van der Waals surface area contributed by atoms with Gasteiger partial charge in [0.1, 0.15) is 0 Å². The summed E-state index contributed by atoms with van der Waals surface area (Å²) in [7, 11) is -1.86. The molecule has 11 heteroatoms. The third-order valence-corrected chi connectivity index (χ3v) is 7.57. The second-order valence-corrected chi connectivity index (χ2v) is 12.1. The van der Waals surface area contributed by atoms with Crippen LogP contribution in [0.1, 0.15) is 32.8 Å². The normalized spacial score (nSPS) is 17.4. The number of ketones is 1. The van der Waals surface area contributed by atoms with Crippen molar-refractivity contribution >= 4 is 62.5 Å². The van der Waals surface area contributed by atoms with Gasteiger partial charge >= 0.3 is 192 Å². The summed E-state index contributed by atoms with van der Waals surface area (Å²) in [5.74, 6) is 0.536. The molecule has 0 saturated carbocycles. The van der Waals surface area contributed by atoms with Crippen molar-refractivity contribution in [2.75, 3.05) is 24.2 Å². The van der Waals surface area contributed by atoms with Crippen LogP contribution in [0.5, 0.6) is 0 Å². The molecule has 0 unspecified atom stereocenters. The summed E-state index contributed by atoms with van der Waals surface area (Å²) >= 11 is 2.28. The van der Waals surface area contributed by atoms with Crippen molar-refractivity contribution in [1.29, 1.82) is 0 Å². The fraction of sp³-hybridized carbons (Fsp3) is 0.304. The molecule has 174 valence electrons. The zero-order valence-electron chi connectivity index (χ0n) is 18.7. The first kappa shape index (κ1) is 29.6. The number of carbonyl (C=O) groups is 1. The maximum atomic E-state index is 13.2. The number of hydrogen-bond donors (Lipinski definition) is 1. The minimum Gasteiger partial charge on any atom is -0.394 e. The maximum absolute atomic E-state index is 13.2. The van der Waals surface area contributed by atoms with Crippen LogP contribution in [0, 0.1) is 44.0 Å². The van der Waals surface area contributed by atoms with Crippen LogP contribution in [0.2, 0.25) is 0 Å². The van der Waals surface area contributed by atoms with Gasteiger partial charge in [0, 0.05) is 6.10 Å². The molecule has 1 aliphatic rings. The van der Waals surface area contributed by atoms with Crippen LogP contribution in [-0.2, 0) is 25.5 Å². The van der Waals surface area contributed by atoms with E-state index in [4.69, 9.17) is 8.42 Å². The molecule has 0 amide bonds. The second-order valence-electron chi connectivity index (χ2n) is 7.79. The molecule has 34 heavy (non-hydrogen) atoms. The topological polar surface area (TPSA) is 100 Å². The van der Waals surface area contributed by atoms with Crippen molar-refractivity contribution in [3.8, 4) is 0 Å². The van der Waals surface area contributed by atoms with E-state index in [0.29, 0.717) is 22.8 Å². The molecule has 3 aromatic rings. The summed E-state index contributed by atoms with van der Waals surface area (Å²) in [6.07, 6.45) is 5.19. The van der Waals surface area contributed by atoms with E-state index in [9.17, 15) is 9.90 Å². The average molecular weight is 913 g/mol. The Hall–Kier alpha value is -0.646. The predicted octanol–water partition coefficient (Wildman–Crippen LogP) is 2.10.